The molecule has 13 heavy (non-hydrogen) atoms. The van der Waals surface area contributed by atoms with Crippen molar-refractivity contribution in [3.8, 4) is 10.6 Å². The summed E-state index contributed by atoms with van der Waals surface area (Å²) in [6, 6.07) is 3.82. The quantitative estimate of drug-likeness (QED) is 0.804. The van der Waals surface area contributed by atoms with Gasteiger partial charge in [0, 0.05) is 0 Å². The van der Waals surface area contributed by atoms with E-state index in [4.69, 9.17) is 17.3 Å². The maximum atomic E-state index is 5.81. The molecule has 0 fully saturated rings. The highest BCUT2D eigenvalue weighted by atomic mass is 35.5. The molecular formula is C8H8ClN3S. The summed E-state index contributed by atoms with van der Waals surface area (Å²) in [5.74, 6) is 0.791. The van der Waals surface area contributed by atoms with Crippen LogP contribution >= 0.6 is 22.9 Å². The van der Waals surface area contributed by atoms with Crippen LogP contribution in [0.2, 0.25) is 4.34 Å². The second-order valence-electron chi connectivity index (χ2n) is 2.55. The van der Waals surface area contributed by atoms with Crippen molar-refractivity contribution in [3.05, 3.63) is 28.5 Å². The molecule has 68 valence electrons. The molecule has 0 atom stereocenters. The Kier molecular flexibility index (Phi) is 2.35. The van der Waals surface area contributed by atoms with Crippen LogP contribution < -0.4 is 5.73 Å². The highest BCUT2D eigenvalue weighted by Gasteiger charge is 2.04. The predicted molar refractivity (Wildman–Crippen MR) is 54.8 cm³/mol. The van der Waals surface area contributed by atoms with Gasteiger partial charge in [-0.3, -0.25) is 0 Å². The fourth-order valence-electron chi connectivity index (χ4n) is 1.05. The normalized spacial score (nSPS) is 10.6. The monoisotopic (exact) mass is 213 g/mol. The molecule has 0 saturated carbocycles. The zero-order valence-electron chi connectivity index (χ0n) is 6.75. The predicted octanol–water partition coefficient (Wildman–Crippen LogP) is 2.25. The molecule has 0 aliphatic rings. The number of hydrogen-bond acceptors (Lipinski definition) is 3. The van der Waals surface area contributed by atoms with Crippen LogP contribution in [0, 0.1) is 0 Å². The highest BCUT2D eigenvalue weighted by Crippen LogP contribution is 2.29. The number of hydrogen-bond donors (Lipinski definition) is 2. The Hall–Kier alpha value is -0.840. The van der Waals surface area contributed by atoms with Gasteiger partial charge in [-0.2, -0.15) is 0 Å². The van der Waals surface area contributed by atoms with Crippen molar-refractivity contribution in [2.75, 3.05) is 0 Å². The molecule has 3 N–H and O–H groups in total. The Bertz CT molecular complexity index is 407. The zero-order valence-corrected chi connectivity index (χ0v) is 8.32. The first-order chi connectivity index (χ1) is 6.29. The number of thiophene rings is 1. The smallest absolute Gasteiger partial charge is 0.120 e. The van der Waals surface area contributed by atoms with E-state index in [-0.39, 0.29) is 0 Å². The van der Waals surface area contributed by atoms with Gasteiger partial charge in [0.15, 0.2) is 0 Å². The number of imidazole rings is 1. The molecule has 0 radical (unpaired) electrons. The van der Waals surface area contributed by atoms with Crippen LogP contribution in [-0.4, -0.2) is 9.97 Å². The van der Waals surface area contributed by atoms with Crippen LogP contribution in [0.1, 0.15) is 5.82 Å². The van der Waals surface area contributed by atoms with Gasteiger partial charge in [-0.05, 0) is 12.1 Å². The summed E-state index contributed by atoms with van der Waals surface area (Å²) in [5, 5.41) is 0. The fraction of sp³-hybridized carbons (Fsp3) is 0.125. The Labute approximate surface area is 84.6 Å². The highest BCUT2D eigenvalue weighted by molar-refractivity contribution is 7.19. The van der Waals surface area contributed by atoms with Crippen LogP contribution in [0.25, 0.3) is 10.6 Å². The van der Waals surface area contributed by atoms with Crippen molar-refractivity contribution in [1.29, 1.82) is 0 Å². The Morgan fingerprint density at radius 2 is 2.38 bits per heavy atom. The summed E-state index contributed by atoms with van der Waals surface area (Å²) in [6.07, 6.45) is 1.77. The molecule has 2 heterocycles. The van der Waals surface area contributed by atoms with Crippen LogP contribution in [0.5, 0.6) is 0 Å². The molecule has 0 aliphatic heterocycles. The van der Waals surface area contributed by atoms with E-state index in [0.29, 0.717) is 6.54 Å². The number of nitrogens with one attached hydrogen (secondary N) is 1. The minimum absolute atomic E-state index is 0.430. The number of aromatic nitrogens is 2. The largest absolute Gasteiger partial charge is 0.340 e. The van der Waals surface area contributed by atoms with Gasteiger partial charge in [-0.25, -0.2) is 4.98 Å². The minimum Gasteiger partial charge on any atom is -0.340 e. The third-order valence-corrected chi connectivity index (χ3v) is 2.92. The van der Waals surface area contributed by atoms with Crippen LogP contribution in [0.3, 0.4) is 0 Å². The molecule has 0 spiro atoms. The molecule has 0 unspecified atom stereocenters. The van der Waals surface area contributed by atoms with E-state index in [1.54, 1.807) is 6.20 Å². The van der Waals surface area contributed by atoms with E-state index in [1.165, 1.54) is 11.3 Å². The van der Waals surface area contributed by atoms with Gasteiger partial charge in [-0.1, -0.05) is 11.6 Å². The lowest BCUT2D eigenvalue weighted by Crippen LogP contribution is -1.97. The zero-order chi connectivity index (χ0) is 9.26. The van der Waals surface area contributed by atoms with Gasteiger partial charge >= 0.3 is 0 Å². The van der Waals surface area contributed by atoms with E-state index >= 15 is 0 Å². The van der Waals surface area contributed by atoms with Gasteiger partial charge in [0.05, 0.1) is 27.6 Å². The summed E-state index contributed by atoms with van der Waals surface area (Å²) in [4.78, 5) is 8.29. The Morgan fingerprint density at radius 3 is 2.92 bits per heavy atom. The third-order valence-electron chi connectivity index (χ3n) is 1.66. The first-order valence-corrected chi connectivity index (χ1v) is 4.98. The van der Waals surface area contributed by atoms with Crippen LogP contribution in [0.4, 0.5) is 0 Å². The Balaban J connectivity index is 2.35. The number of halogens is 1. The fourth-order valence-corrected chi connectivity index (χ4v) is 2.06. The molecular weight excluding hydrogens is 206 g/mol. The van der Waals surface area contributed by atoms with E-state index < -0.39 is 0 Å². The number of nitrogens with two attached hydrogens (primary N) is 1. The van der Waals surface area contributed by atoms with Crippen molar-refractivity contribution in [1.82, 2.24) is 9.97 Å². The Morgan fingerprint density at radius 1 is 1.54 bits per heavy atom. The van der Waals surface area contributed by atoms with Gasteiger partial charge in [0.2, 0.25) is 0 Å². The third kappa shape index (κ3) is 1.75. The molecule has 2 aromatic rings. The molecule has 2 rings (SSSR count). The number of rotatable bonds is 2. The van der Waals surface area contributed by atoms with E-state index in [1.807, 2.05) is 12.1 Å². The lowest BCUT2D eigenvalue weighted by molar-refractivity contribution is 0.951. The average Bonchev–Trinajstić information content (AvgIpc) is 2.71. The van der Waals surface area contributed by atoms with Crippen LogP contribution in [-0.2, 0) is 6.54 Å². The SMILES string of the molecule is NCc1ncc(-c2ccc(Cl)s2)[nH]1. The van der Waals surface area contributed by atoms with Crippen molar-refractivity contribution in [2.45, 2.75) is 6.54 Å². The summed E-state index contributed by atoms with van der Waals surface area (Å²) < 4.78 is 0.777. The summed E-state index contributed by atoms with van der Waals surface area (Å²) in [7, 11) is 0. The van der Waals surface area contributed by atoms with Gasteiger partial charge in [-0.15, -0.1) is 11.3 Å². The molecule has 0 aromatic carbocycles. The topological polar surface area (TPSA) is 54.7 Å². The molecule has 0 saturated heterocycles. The van der Waals surface area contributed by atoms with Crippen molar-refractivity contribution in [2.24, 2.45) is 5.73 Å². The molecule has 0 aliphatic carbocycles. The number of H-pyrrole nitrogens is 1. The van der Waals surface area contributed by atoms with Crippen LogP contribution in [0.15, 0.2) is 18.3 Å². The minimum atomic E-state index is 0.430. The van der Waals surface area contributed by atoms with E-state index in [9.17, 15) is 0 Å². The van der Waals surface area contributed by atoms with Crippen molar-refractivity contribution < 1.29 is 0 Å². The number of aromatic amines is 1. The second kappa shape index (κ2) is 3.49. The van der Waals surface area contributed by atoms with E-state index in [2.05, 4.69) is 9.97 Å². The number of nitrogens with zero attached hydrogens (tertiary/aromatic N) is 1. The van der Waals surface area contributed by atoms with E-state index in [0.717, 1.165) is 20.7 Å². The summed E-state index contributed by atoms with van der Waals surface area (Å²) >= 11 is 7.33. The lowest BCUT2D eigenvalue weighted by atomic mass is 10.4. The summed E-state index contributed by atoms with van der Waals surface area (Å²) in [5.41, 5.74) is 6.40. The standard InChI is InChI=1S/C8H8ClN3S/c9-7-2-1-6(13-7)5-4-11-8(3-10)12-5/h1-2,4H,3,10H2,(H,11,12). The first kappa shape index (κ1) is 8.74. The first-order valence-electron chi connectivity index (χ1n) is 3.79. The molecule has 5 heteroatoms. The molecule has 0 amide bonds. The lowest BCUT2D eigenvalue weighted by Gasteiger charge is -1.89. The summed E-state index contributed by atoms with van der Waals surface area (Å²) in [6.45, 7) is 0.430. The molecule has 2 aromatic heterocycles. The van der Waals surface area contributed by atoms with Gasteiger partial charge < -0.3 is 10.7 Å². The average molecular weight is 214 g/mol. The van der Waals surface area contributed by atoms with Gasteiger partial charge in [0.1, 0.15) is 5.82 Å². The maximum absolute atomic E-state index is 5.81. The molecule has 3 nitrogen and oxygen atoms in total. The van der Waals surface area contributed by atoms with Crippen molar-refractivity contribution >= 4 is 22.9 Å². The van der Waals surface area contributed by atoms with Crippen molar-refractivity contribution in [3.63, 3.8) is 0 Å². The maximum Gasteiger partial charge on any atom is 0.120 e. The van der Waals surface area contributed by atoms with Gasteiger partial charge in [0.25, 0.3) is 0 Å². The second-order valence-corrected chi connectivity index (χ2v) is 4.27. The molecule has 0 bridgehead atoms.